The Kier molecular flexibility index (Phi) is 2.86. The van der Waals surface area contributed by atoms with Gasteiger partial charge in [0, 0.05) is 0 Å². The van der Waals surface area contributed by atoms with E-state index in [0.717, 1.165) is 12.0 Å². The molecule has 0 aliphatic rings. The van der Waals surface area contributed by atoms with Gasteiger partial charge in [-0.05, 0) is 24.1 Å². The summed E-state index contributed by atoms with van der Waals surface area (Å²) in [4.78, 5) is 21.7. The summed E-state index contributed by atoms with van der Waals surface area (Å²) in [5, 5.41) is 8.83. The molecule has 1 aromatic carbocycles. The fourth-order valence-corrected chi connectivity index (χ4v) is 1.20. The summed E-state index contributed by atoms with van der Waals surface area (Å²) in [6.45, 7) is 1.91. The van der Waals surface area contributed by atoms with Crippen LogP contribution in [0.2, 0.25) is 0 Å². The number of hydrogen-bond acceptors (Lipinski definition) is 2. The van der Waals surface area contributed by atoms with E-state index < -0.39 is 11.9 Å². The first-order chi connectivity index (χ1) is 6.56. The highest BCUT2D eigenvalue weighted by molar-refractivity contribution is 6.04. The molecule has 0 atom stereocenters. The summed E-state index contributed by atoms with van der Waals surface area (Å²) >= 11 is 0. The number of aromatic carboxylic acids is 1. The van der Waals surface area contributed by atoms with Crippen LogP contribution in [-0.2, 0) is 6.42 Å². The standard InChI is InChI=1S/C10H11NO3/c1-2-6-3-4-7(9(11)12)8(5-6)10(13)14/h3-5H,2H2,1H3,(H2,11,12)(H,13,14). The lowest BCUT2D eigenvalue weighted by atomic mass is 10.0. The van der Waals surface area contributed by atoms with Gasteiger partial charge >= 0.3 is 5.97 Å². The van der Waals surface area contributed by atoms with Gasteiger partial charge in [0.15, 0.2) is 0 Å². The highest BCUT2D eigenvalue weighted by Gasteiger charge is 2.14. The average Bonchev–Trinajstić information content (AvgIpc) is 2.16. The highest BCUT2D eigenvalue weighted by atomic mass is 16.4. The van der Waals surface area contributed by atoms with Gasteiger partial charge in [0.25, 0.3) is 0 Å². The van der Waals surface area contributed by atoms with E-state index >= 15 is 0 Å². The summed E-state index contributed by atoms with van der Waals surface area (Å²) in [5.41, 5.74) is 5.93. The van der Waals surface area contributed by atoms with Crippen molar-refractivity contribution >= 4 is 11.9 Å². The molecule has 4 nitrogen and oxygen atoms in total. The maximum atomic E-state index is 10.9. The van der Waals surface area contributed by atoms with Crippen LogP contribution in [0.4, 0.5) is 0 Å². The lowest BCUT2D eigenvalue weighted by molar-refractivity contribution is 0.0692. The normalized spacial score (nSPS) is 9.79. The molecule has 3 N–H and O–H groups in total. The number of carbonyl (C=O) groups is 2. The molecule has 0 spiro atoms. The fourth-order valence-electron chi connectivity index (χ4n) is 1.20. The van der Waals surface area contributed by atoms with Gasteiger partial charge in [0.2, 0.25) is 5.91 Å². The van der Waals surface area contributed by atoms with Crippen LogP contribution in [0, 0.1) is 0 Å². The van der Waals surface area contributed by atoms with Crippen molar-refractivity contribution in [3.05, 3.63) is 34.9 Å². The molecule has 0 radical (unpaired) electrons. The molecule has 0 fully saturated rings. The Bertz CT molecular complexity index is 385. The predicted octanol–water partition coefficient (Wildman–Crippen LogP) is 1.05. The van der Waals surface area contributed by atoms with Crippen LogP contribution in [0.3, 0.4) is 0 Å². The van der Waals surface area contributed by atoms with Crippen LogP contribution in [0.1, 0.15) is 33.2 Å². The molecule has 0 heterocycles. The van der Waals surface area contributed by atoms with Gasteiger partial charge in [0.05, 0.1) is 11.1 Å². The molecule has 74 valence electrons. The molecule has 0 aromatic heterocycles. The zero-order valence-electron chi connectivity index (χ0n) is 7.78. The van der Waals surface area contributed by atoms with Crippen molar-refractivity contribution in [3.8, 4) is 0 Å². The molecule has 4 heteroatoms. The first kappa shape index (κ1) is 10.2. The van der Waals surface area contributed by atoms with Crippen molar-refractivity contribution in [2.45, 2.75) is 13.3 Å². The van der Waals surface area contributed by atoms with E-state index in [2.05, 4.69) is 0 Å². The van der Waals surface area contributed by atoms with E-state index in [-0.39, 0.29) is 11.1 Å². The van der Waals surface area contributed by atoms with Crippen LogP contribution in [0.25, 0.3) is 0 Å². The monoisotopic (exact) mass is 193 g/mol. The Labute approximate surface area is 81.3 Å². The van der Waals surface area contributed by atoms with Gasteiger partial charge in [-0.2, -0.15) is 0 Å². The van der Waals surface area contributed by atoms with E-state index in [1.807, 2.05) is 6.92 Å². The third kappa shape index (κ3) is 1.90. The van der Waals surface area contributed by atoms with Crippen molar-refractivity contribution < 1.29 is 14.7 Å². The van der Waals surface area contributed by atoms with Gasteiger partial charge in [-0.1, -0.05) is 13.0 Å². The topological polar surface area (TPSA) is 80.4 Å². The summed E-state index contributed by atoms with van der Waals surface area (Å²) in [6.07, 6.45) is 0.722. The predicted molar refractivity (Wildman–Crippen MR) is 51.3 cm³/mol. The minimum Gasteiger partial charge on any atom is -0.478 e. The van der Waals surface area contributed by atoms with Crippen molar-refractivity contribution in [1.29, 1.82) is 0 Å². The van der Waals surface area contributed by atoms with Gasteiger partial charge in [-0.3, -0.25) is 4.79 Å². The molecule has 0 bridgehead atoms. The number of rotatable bonds is 3. The summed E-state index contributed by atoms with van der Waals surface area (Å²) in [6, 6.07) is 4.62. The van der Waals surface area contributed by atoms with Crippen molar-refractivity contribution in [1.82, 2.24) is 0 Å². The first-order valence-corrected chi connectivity index (χ1v) is 4.22. The number of benzene rings is 1. The summed E-state index contributed by atoms with van der Waals surface area (Å²) < 4.78 is 0. The second kappa shape index (κ2) is 3.91. The first-order valence-electron chi connectivity index (χ1n) is 4.22. The maximum Gasteiger partial charge on any atom is 0.336 e. The van der Waals surface area contributed by atoms with Crippen molar-refractivity contribution in [2.24, 2.45) is 5.73 Å². The number of carboxylic acid groups (broad SMARTS) is 1. The van der Waals surface area contributed by atoms with Gasteiger partial charge in [-0.15, -0.1) is 0 Å². The minimum atomic E-state index is -1.13. The van der Waals surface area contributed by atoms with Crippen LogP contribution in [0.15, 0.2) is 18.2 Å². The molecular weight excluding hydrogens is 182 g/mol. The largest absolute Gasteiger partial charge is 0.478 e. The number of primary amides is 1. The Balaban J connectivity index is 3.31. The molecule has 0 unspecified atom stereocenters. The fraction of sp³-hybridized carbons (Fsp3) is 0.200. The van der Waals surface area contributed by atoms with Crippen LogP contribution in [0.5, 0.6) is 0 Å². The minimum absolute atomic E-state index is 0.0307. The summed E-state index contributed by atoms with van der Waals surface area (Å²) in [7, 11) is 0. The smallest absolute Gasteiger partial charge is 0.336 e. The van der Waals surface area contributed by atoms with Crippen molar-refractivity contribution in [2.75, 3.05) is 0 Å². The molecule has 0 aliphatic carbocycles. The number of hydrogen-bond donors (Lipinski definition) is 2. The van der Waals surface area contributed by atoms with E-state index in [9.17, 15) is 9.59 Å². The highest BCUT2D eigenvalue weighted by Crippen LogP contribution is 2.12. The second-order valence-corrected chi connectivity index (χ2v) is 2.90. The zero-order chi connectivity index (χ0) is 10.7. The molecule has 0 aliphatic heterocycles. The van der Waals surface area contributed by atoms with Crippen LogP contribution < -0.4 is 5.73 Å². The third-order valence-corrected chi connectivity index (χ3v) is 1.99. The molecule has 1 aromatic rings. The molecule has 0 saturated heterocycles. The van der Waals surface area contributed by atoms with Gasteiger partial charge in [0.1, 0.15) is 0 Å². The Morgan fingerprint density at radius 2 is 2.00 bits per heavy atom. The van der Waals surface area contributed by atoms with Gasteiger partial charge < -0.3 is 10.8 Å². The summed E-state index contributed by atoms with van der Waals surface area (Å²) in [5.74, 6) is -1.85. The van der Waals surface area contributed by atoms with Crippen molar-refractivity contribution in [3.63, 3.8) is 0 Å². The Morgan fingerprint density at radius 1 is 1.36 bits per heavy atom. The SMILES string of the molecule is CCc1ccc(C(N)=O)c(C(=O)O)c1. The Morgan fingerprint density at radius 3 is 2.43 bits per heavy atom. The number of carboxylic acids is 1. The zero-order valence-corrected chi connectivity index (χ0v) is 7.78. The van der Waals surface area contributed by atoms with Crippen LogP contribution in [-0.4, -0.2) is 17.0 Å². The third-order valence-electron chi connectivity index (χ3n) is 1.99. The van der Waals surface area contributed by atoms with E-state index in [1.54, 1.807) is 6.07 Å². The molecule has 0 saturated carbocycles. The lowest BCUT2D eigenvalue weighted by Crippen LogP contribution is -2.16. The number of nitrogens with two attached hydrogens (primary N) is 1. The van der Waals surface area contributed by atoms with E-state index in [4.69, 9.17) is 10.8 Å². The number of carbonyl (C=O) groups excluding carboxylic acids is 1. The molecule has 1 rings (SSSR count). The lowest BCUT2D eigenvalue weighted by Gasteiger charge is -2.04. The molecular formula is C10H11NO3. The number of amides is 1. The quantitative estimate of drug-likeness (QED) is 0.752. The number of aryl methyl sites for hydroxylation is 1. The van der Waals surface area contributed by atoms with E-state index in [0.29, 0.717) is 0 Å². The molecule has 14 heavy (non-hydrogen) atoms. The Hall–Kier alpha value is -1.84. The van der Waals surface area contributed by atoms with E-state index in [1.165, 1.54) is 12.1 Å². The molecule has 1 amide bonds. The second-order valence-electron chi connectivity index (χ2n) is 2.90. The van der Waals surface area contributed by atoms with Gasteiger partial charge in [-0.25, -0.2) is 4.79 Å². The average molecular weight is 193 g/mol. The maximum absolute atomic E-state index is 10.9. The van der Waals surface area contributed by atoms with Crippen LogP contribution >= 0.6 is 0 Å².